The third-order valence-electron chi connectivity index (χ3n) is 4.31. The van der Waals surface area contributed by atoms with Crippen molar-refractivity contribution in [2.24, 2.45) is 5.73 Å². The number of nitrogens with one attached hydrogen (secondary N) is 4. The molecule has 33 heavy (non-hydrogen) atoms. The number of hydrogen-bond acceptors (Lipinski definition) is 8. The maximum atomic E-state index is 12.7. The fourth-order valence-electron chi connectivity index (χ4n) is 2.64. The van der Waals surface area contributed by atoms with E-state index in [1.54, 1.807) is 0 Å². The first kappa shape index (κ1) is 27.0. The lowest BCUT2D eigenvalue weighted by Gasteiger charge is -2.23. The number of hydrogen-bond donors (Lipinski definition) is 8. The molecule has 3 atom stereocenters. The molecule has 0 aliphatic heterocycles. The summed E-state index contributed by atoms with van der Waals surface area (Å²) in [5.41, 5.74) is 6.37. The highest BCUT2D eigenvalue weighted by molar-refractivity contribution is 5.94. The van der Waals surface area contributed by atoms with Crippen LogP contribution in [0.4, 0.5) is 0 Å². The Morgan fingerprint density at radius 1 is 0.879 bits per heavy atom. The molecule has 1 rings (SSSR count). The number of carbonyl (C=O) groups excluding carboxylic acids is 3. The van der Waals surface area contributed by atoms with Crippen LogP contribution in [0, 0.1) is 0 Å². The van der Waals surface area contributed by atoms with Gasteiger partial charge in [0, 0.05) is 31.2 Å². The Labute approximate surface area is 187 Å². The minimum Gasteiger partial charge on any atom is -0.481 e. The van der Waals surface area contributed by atoms with Crippen LogP contribution >= 0.6 is 0 Å². The number of carboxylic acids is 3. The van der Waals surface area contributed by atoms with Gasteiger partial charge in [0.25, 0.3) is 0 Å². The summed E-state index contributed by atoms with van der Waals surface area (Å²) < 4.78 is 0. The molecule has 15 nitrogen and oxygen atoms in total. The first-order valence-corrected chi connectivity index (χ1v) is 9.76. The molecule has 0 aromatic carbocycles. The molecule has 0 spiro atoms. The second-order valence-electron chi connectivity index (χ2n) is 6.99. The lowest BCUT2D eigenvalue weighted by atomic mass is 10.1. The summed E-state index contributed by atoms with van der Waals surface area (Å²) in [5.74, 6) is -6.55. The smallest absolute Gasteiger partial charge is 0.322 e. The van der Waals surface area contributed by atoms with Crippen molar-refractivity contribution in [3.05, 3.63) is 18.2 Å². The van der Waals surface area contributed by atoms with Crippen LogP contribution in [0.25, 0.3) is 0 Å². The summed E-state index contributed by atoms with van der Waals surface area (Å²) in [6, 6.07) is -3.94. The predicted octanol–water partition coefficient (Wildman–Crippen LogP) is -2.82. The van der Waals surface area contributed by atoms with E-state index in [0.29, 0.717) is 5.69 Å². The normalized spacial score (nSPS) is 13.2. The van der Waals surface area contributed by atoms with Gasteiger partial charge in [-0.3, -0.25) is 28.8 Å². The van der Waals surface area contributed by atoms with E-state index in [1.807, 2.05) is 5.32 Å². The number of nitrogens with two attached hydrogens (primary N) is 1. The highest BCUT2D eigenvalue weighted by atomic mass is 16.4. The van der Waals surface area contributed by atoms with Crippen LogP contribution < -0.4 is 21.7 Å². The van der Waals surface area contributed by atoms with E-state index < -0.39 is 73.1 Å². The van der Waals surface area contributed by atoms with Crippen molar-refractivity contribution < 1.29 is 44.1 Å². The number of carbonyl (C=O) groups is 6. The third-order valence-corrected chi connectivity index (χ3v) is 4.31. The lowest BCUT2D eigenvalue weighted by molar-refractivity contribution is -0.140. The minimum absolute atomic E-state index is 0.0535. The molecule has 1 aromatic rings. The Morgan fingerprint density at radius 3 is 1.91 bits per heavy atom. The molecule has 1 aromatic heterocycles. The molecule has 0 aliphatic rings. The number of aliphatic carboxylic acids is 3. The summed E-state index contributed by atoms with van der Waals surface area (Å²) in [5, 5.41) is 33.1. The molecule has 9 N–H and O–H groups in total. The van der Waals surface area contributed by atoms with Gasteiger partial charge >= 0.3 is 17.9 Å². The van der Waals surface area contributed by atoms with E-state index >= 15 is 0 Å². The minimum atomic E-state index is -1.43. The van der Waals surface area contributed by atoms with Gasteiger partial charge in [-0.2, -0.15) is 0 Å². The van der Waals surface area contributed by atoms with Crippen LogP contribution in [0.5, 0.6) is 0 Å². The van der Waals surface area contributed by atoms with Crippen LogP contribution in [0.1, 0.15) is 31.4 Å². The van der Waals surface area contributed by atoms with Gasteiger partial charge in [0.2, 0.25) is 17.7 Å². The van der Waals surface area contributed by atoms with E-state index in [9.17, 15) is 28.8 Å². The Kier molecular flexibility index (Phi) is 11.0. The van der Waals surface area contributed by atoms with Crippen LogP contribution in [-0.2, 0) is 35.2 Å². The van der Waals surface area contributed by atoms with Crippen molar-refractivity contribution in [1.82, 2.24) is 25.9 Å². The monoisotopic (exact) mass is 470 g/mol. The third kappa shape index (κ3) is 10.7. The standard InChI is InChI=1S/C18H26N6O9/c19-10(5-9-6-20-8-22-9)16(31)23-12(2-4-14(27)28)18(33)24-11(1-3-13(25)26)17(32)21-7-15(29)30/h6,8,10-12H,1-5,7,19H2,(H,20,22)(H,21,32)(H,23,31)(H,24,33)(H,25,26)(H,27,28)(H,29,30). The highest BCUT2D eigenvalue weighted by Crippen LogP contribution is 2.05. The molecule has 3 amide bonds. The molecule has 0 aliphatic carbocycles. The fourth-order valence-corrected chi connectivity index (χ4v) is 2.64. The molecular formula is C18H26N6O9. The van der Waals surface area contributed by atoms with Crippen molar-refractivity contribution in [2.45, 2.75) is 50.2 Å². The van der Waals surface area contributed by atoms with Crippen molar-refractivity contribution in [3.63, 3.8) is 0 Å². The summed E-state index contributed by atoms with van der Waals surface area (Å²) in [7, 11) is 0. The zero-order valence-corrected chi connectivity index (χ0v) is 17.4. The summed E-state index contributed by atoms with van der Waals surface area (Å²) in [6.07, 6.45) is 1.15. The molecule has 0 bridgehead atoms. The Morgan fingerprint density at radius 2 is 1.42 bits per heavy atom. The summed E-state index contributed by atoms with van der Waals surface area (Å²) >= 11 is 0. The van der Waals surface area contributed by atoms with Gasteiger partial charge in [-0.25, -0.2) is 4.98 Å². The number of H-pyrrole nitrogens is 1. The van der Waals surface area contributed by atoms with Crippen LogP contribution in [0.3, 0.4) is 0 Å². The molecule has 1 heterocycles. The predicted molar refractivity (Wildman–Crippen MR) is 109 cm³/mol. The Balaban J connectivity index is 2.89. The number of aromatic nitrogens is 2. The van der Waals surface area contributed by atoms with Gasteiger partial charge in [-0.05, 0) is 12.8 Å². The molecule has 182 valence electrons. The highest BCUT2D eigenvalue weighted by Gasteiger charge is 2.29. The van der Waals surface area contributed by atoms with Gasteiger partial charge in [0.05, 0.1) is 12.4 Å². The molecule has 15 heteroatoms. The second kappa shape index (κ2) is 13.4. The first-order chi connectivity index (χ1) is 15.5. The first-order valence-electron chi connectivity index (χ1n) is 9.76. The van der Waals surface area contributed by atoms with Crippen molar-refractivity contribution in [2.75, 3.05) is 6.54 Å². The van der Waals surface area contributed by atoms with Gasteiger partial charge in [-0.1, -0.05) is 0 Å². The van der Waals surface area contributed by atoms with Crippen molar-refractivity contribution in [1.29, 1.82) is 0 Å². The quantitative estimate of drug-likeness (QED) is 0.130. The molecular weight excluding hydrogens is 444 g/mol. The number of nitrogens with zero attached hydrogens (tertiary/aromatic N) is 1. The van der Waals surface area contributed by atoms with Gasteiger partial charge in [-0.15, -0.1) is 0 Å². The maximum absolute atomic E-state index is 12.7. The van der Waals surface area contributed by atoms with Crippen LogP contribution in [-0.4, -0.2) is 85.6 Å². The summed E-state index contributed by atoms with van der Waals surface area (Å²) in [4.78, 5) is 76.3. The van der Waals surface area contributed by atoms with E-state index in [2.05, 4.69) is 20.6 Å². The van der Waals surface area contributed by atoms with Gasteiger partial charge in [0.1, 0.15) is 18.6 Å². The molecule has 0 saturated heterocycles. The number of aromatic amines is 1. The molecule has 0 fully saturated rings. The van der Waals surface area contributed by atoms with E-state index in [-0.39, 0.29) is 19.3 Å². The van der Waals surface area contributed by atoms with Crippen LogP contribution in [0.2, 0.25) is 0 Å². The fraction of sp³-hybridized carbons (Fsp3) is 0.500. The van der Waals surface area contributed by atoms with Crippen molar-refractivity contribution >= 4 is 35.6 Å². The average Bonchev–Trinajstić information content (AvgIpc) is 3.24. The average molecular weight is 470 g/mol. The summed E-state index contributed by atoms with van der Waals surface area (Å²) in [6.45, 7) is -0.764. The molecule has 0 radical (unpaired) electrons. The van der Waals surface area contributed by atoms with Gasteiger partial charge < -0.3 is 42.0 Å². The topological polar surface area (TPSA) is 254 Å². The van der Waals surface area contributed by atoms with Gasteiger partial charge in [0.15, 0.2) is 0 Å². The zero-order chi connectivity index (χ0) is 25.0. The number of amides is 3. The Hall–Kier alpha value is -4.01. The zero-order valence-electron chi connectivity index (χ0n) is 17.4. The second-order valence-corrected chi connectivity index (χ2v) is 6.99. The number of carboxylic acid groups (broad SMARTS) is 3. The van der Waals surface area contributed by atoms with E-state index in [0.717, 1.165) is 0 Å². The Bertz CT molecular complexity index is 858. The largest absolute Gasteiger partial charge is 0.481 e. The molecule has 3 unspecified atom stereocenters. The maximum Gasteiger partial charge on any atom is 0.322 e. The number of rotatable bonds is 15. The van der Waals surface area contributed by atoms with E-state index in [4.69, 9.17) is 21.1 Å². The van der Waals surface area contributed by atoms with Crippen molar-refractivity contribution in [3.8, 4) is 0 Å². The molecule has 0 saturated carbocycles. The SMILES string of the molecule is NC(Cc1cnc[nH]1)C(=O)NC(CCC(=O)O)C(=O)NC(CCC(=O)O)C(=O)NCC(=O)O. The van der Waals surface area contributed by atoms with E-state index in [1.165, 1.54) is 12.5 Å². The van der Waals surface area contributed by atoms with Crippen LogP contribution in [0.15, 0.2) is 12.5 Å². The number of imidazole rings is 1. The lowest BCUT2D eigenvalue weighted by Crippen LogP contribution is -2.56.